The molecule has 54 valence electrons. The molecule has 4 nitrogen and oxygen atoms in total. The first-order valence-corrected chi connectivity index (χ1v) is 3.49. The minimum absolute atomic E-state index is 0.104. The van der Waals surface area contributed by atoms with Crippen LogP contribution in [0.1, 0.15) is 13.3 Å². The number of aldehydes is 1. The van der Waals surface area contributed by atoms with Gasteiger partial charge < -0.3 is 15.1 Å². The van der Waals surface area contributed by atoms with Crippen LogP contribution in [0, 0.1) is 0 Å². The van der Waals surface area contributed by atoms with Gasteiger partial charge in [-0.15, -0.1) is 0 Å². The van der Waals surface area contributed by atoms with E-state index in [0.717, 1.165) is 0 Å². The Morgan fingerprint density at radius 3 is 2.33 bits per heavy atom. The molecular weight excluding hydrogens is 142 g/mol. The lowest BCUT2D eigenvalue weighted by molar-refractivity contribution is -0.110. The van der Waals surface area contributed by atoms with Gasteiger partial charge in [-0.1, -0.05) is 6.92 Å². The molecule has 0 rings (SSSR count). The van der Waals surface area contributed by atoms with Crippen LogP contribution in [-0.4, -0.2) is 19.9 Å². The van der Waals surface area contributed by atoms with Gasteiger partial charge in [-0.05, 0) is 17.5 Å². The van der Waals surface area contributed by atoms with Crippen molar-refractivity contribution in [3.63, 3.8) is 0 Å². The van der Waals surface area contributed by atoms with Crippen molar-refractivity contribution in [3.05, 3.63) is 0 Å². The predicted octanol–water partition coefficient (Wildman–Crippen LogP) is -0.871. The zero-order chi connectivity index (χ0) is 7.49. The van der Waals surface area contributed by atoms with Gasteiger partial charge in [-0.3, -0.25) is 4.21 Å². The topological polar surface area (TPSA) is 83.2 Å². The maximum absolute atomic E-state index is 10.1. The molecule has 0 aliphatic carbocycles. The average Bonchev–Trinajstić information content (AvgIpc) is 1.86. The molecule has 0 amide bonds. The van der Waals surface area contributed by atoms with E-state index in [0.29, 0.717) is 0 Å². The highest BCUT2D eigenvalue weighted by Crippen LogP contribution is 2.04. The molecular formula is C4H8NO3S-. The summed E-state index contributed by atoms with van der Waals surface area (Å²) >= 11 is -2.51. The van der Waals surface area contributed by atoms with Crippen molar-refractivity contribution >= 4 is 17.4 Å². The minimum Gasteiger partial charge on any atom is -0.771 e. The van der Waals surface area contributed by atoms with E-state index in [1.807, 2.05) is 0 Å². The van der Waals surface area contributed by atoms with Crippen LogP contribution in [0.2, 0.25) is 0 Å². The van der Waals surface area contributed by atoms with Gasteiger partial charge in [-0.2, -0.15) is 0 Å². The number of nitrogens with two attached hydrogens (primary N) is 1. The lowest BCUT2D eigenvalue weighted by atomic mass is 10.3. The SMILES string of the molecule is CCC(N)(C=O)S(=O)[O-]. The second-order valence-electron chi connectivity index (χ2n) is 1.66. The molecule has 0 heterocycles. The van der Waals surface area contributed by atoms with E-state index in [2.05, 4.69) is 0 Å². The summed E-state index contributed by atoms with van der Waals surface area (Å²) in [4.78, 5) is 8.30. The van der Waals surface area contributed by atoms with Gasteiger partial charge in [0.15, 0.2) is 6.29 Å². The number of carbonyl (C=O) groups excluding carboxylic acids is 1. The van der Waals surface area contributed by atoms with Gasteiger partial charge >= 0.3 is 0 Å². The van der Waals surface area contributed by atoms with Crippen LogP contribution in [0.3, 0.4) is 0 Å². The lowest BCUT2D eigenvalue weighted by Crippen LogP contribution is -2.45. The first kappa shape index (κ1) is 8.74. The molecule has 0 saturated carbocycles. The third kappa shape index (κ3) is 1.85. The average molecular weight is 150 g/mol. The molecule has 0 saturated heterocycles. The smallest absolute Gasteiger partial charge is 0.151 e. The van der Waals surface area contributed by atoms with Gasteiger partial charge in [0.05, 0.1) is 0 Å². The van der Waals surface area contributed by atoms with Crippen molar-refractivity contribution in [2.45, 2.75) is 18.2 Å². The van der Waals surface area contributed by atoms with E-state index in [4.69, 9.17) is 5.73 Å². The third-order valence-corrected chi connectivity index (χ3v) is 2.07. The van der Waals surface area contributed by atoms with Crippen LogP contribution >= 0.6 is 0 Å². The summed E-state index contributed by atoms with van der Waals surface area (Å²) in [6.07, 6.45) is 0.336. The molecule has 9 heavy (non-hydrogen) atoms. The Kier molecular flexibility index (Phi) is 2.96. The fourth-order valence-electron chi connectivity index (χ4n) is 0.240. The molecule has 0 aliphatic heterocycles. The summed E-state index contributed by atoms with van der Waals surface area (Å²) in [5, 5.41) is 0. The second kappa shape index (κ2) is 3.05. The molecule has 0 fully saturated rings. The molecule has 0 aromatic rings. The van der Waals surface area contributed by atoms with Gasteiger partial charge in [0.1, 0.15) is 4.87 Å². The summed E-state index contributed by atoms with van der Waals surface area (Å²) < 4.78 is 20.3. The summed E-state index contributed by atoms with van der Waals surface area (Å²) in [5.74, 6) is 0. The Hall–Kier alpha value is -0.260. The molecule has 2 atom stereocenters. The Labute approximate surface area is 55.7 Å². The van der Waals surface area contributed by atoms with Gasteiger partial charge in [0.25, 0.3) is 0 Å². The van der Waals surface area contributed by atoms with Crippen molar-refractivity contribution in [1.29, 1.82) is 0 Å². The van der Waals surface area contributed by atoms with Crippen LogP contribution in [0.5, 0.6) is 0 Å². The molecule has 0 radical (unpaired) electrons. The van der Waals surface area contributed by atoms with Crippen LogP contribution in [0.15, 0.2) is 0 Å². The van der Waals surface area contributed by atoms with Crippen molar-refractivity contribution in [1.82, 2.24) is 0 Å². The van der Waals surface area contributed by atoms with Crippen molar-refractivity contribution in [3.8, 4) is 0 Å². The van der Waals surface area contributed by atoms with Crippen molar-refractivity contribution in [2.75, 3.05) is 0 Å². The number of rotatable bonds is 3. The van der Waals surface area contributed by atoms with E-state index >= 15 is 0 Å². The lowest BCUT2D eigenvalue weighted by Gasteiger charge is -2.23. The van der Waals surface area contributed by atoms with Crippen molar-refractivity contribution < 1.29 is 13.6 Å². The number of hydrogen-bond acceptors (Lipinski definition) is 4. The summed E-state index contributed by atoms with van der Waals surface area (Å²) in [6.45, 7) is 1.53. The molecule has 0 spiro atoms. The first-order chi connectivity index (χ1) is 4.06. The molecule has 2 N–H and O–H groups in total. The van der Waals surface area contributed by atoms with E-state index < -0.39 is 16.0 Å². The van der Waals surface area contributed by atoms with E-state index in [-0.39, 0.29) is 12.7 Å². The number of hydrogen-bond donors (Lipinski definition) is 1. The van der Waals surface area contributed by atoms with Crippen LogP contribution in [-0.2, 0) is 15.9 Å². The predicted molar refractivity (Wildman–Crippen MR) is 32.2 cm³/mol. The zero-order valence-electron chi connectivity index (χ0n) is 4.99. The van der Waals surface area contributed by atoms with E-state index in [1.165, 1.54) is 6.92 Å². The Bertz CT molecular complexity index is 138. The van der Waals surface area contributed by atoms with Gasteiger partial charge in [0, 0.05) is 0 Å². The fraction of sp³-hybridized carbons (Fsp3) is 0.750. The fourth-order valence-corrected chi connectivity index (χ4v) is 0.555. The highest BCUT2D eigenvalue weighted by atomic mass is 32.2. The molecule has 0 bridgehead atoms. The van der Waals surface area contributed by atoms with Crippen LogP contribution in [0.25, 0.3) is 0 Å². The summed E-state index contributed by atoms with van der Waals surface area (Å²) in [7, 11) is 0. The Balaban J connectivity index is 4.27. The monoisotopic (exact) mass is 150 g/mol. The van der Waals surface area contributed by atoms with E-state index in [9.17, 15) is 13.6 Å². The van der Waals surface area contributed by atoms with Crippen LogP contribution in [0.4, 0.5) is 0 Å². The standard InChI is InChI=1S/C4H9NO3S/c1-2-4(5,3-6)9(7)8/h3H,2,5H2,1H3,(H,7,8)/p-1. The quantitative estimate of drug-likeness (QED) is 0.418. The number of carbonyl (C=O) groups is 1. The van der Waals surface area contributed by atoms with Gasteiger partial charge in [0.2, 0.25) is 0 Å². The molecule has 5 heteroatoms. The van der Waals surface area contributed by atoms with Gasteiger partial charge in [-0.25, -0.2) is 0 Å². The largest absolute Gasteiger partial charge is 0.771 e. The first-order valence-electron chi connectivity index (χ1n) is 2.41. The second-order valence-corrected chi connectivity index (χ2v) is 2.89. The highest BCUT2D eigenvalue weighted by Gasteiger charge is 2.22. The highest BCUT2D eigenvalue weighted by molar-refractivity contribution is 7.81. The Morgan fingerprint density at radius 1 is 1.89 bits per heavy atom. The van der Waals surface area contributed by atoms with E-state index in [1.54, 1.807) is 0 Å². The molecule has 0 aromatic heterocycles. The minimum atomic E-state index is -2.51. The van der Waals surface area contributed by atoms with Crippen LogP contribution < -0.4 is 5.73 Å². The molecule has 0 aromatic carbocycles. The third-order valence-electron chi connectivity index (χ3n) is 1.06. The Morgan fingerprint density at radius 2 is 2.33 bits per heavy atom. The molecule has 0 aliphatic rings. The van der Waals surface area contributed by atoms with Crippen molar-refractivity contribution in [2.24, 2.45) is 5.73 Å². The maximum Gasteiger partial charge on any atom is 0.151 e. The zero-order valence-corrected chi connectivity index (χ0v) is 5.81. The summed E-state index contributed by atoms with van der Waals surface area (Å²) in [5.41, 5.74) is 5.06. The summed E-state index contributed by atoms with van der Waals surface area (Å²) in [6, 6.07) is 0. The molecule has 2 unspecified atom stereocenters. The maximum atomic E-state index is 10.1. The normalized spacial score (nSPS) is 20.3.